The minimum atomic E-state index is 0.421. The molecule has 0 radical (unpaired) electrons. The van der Waals surface area contributed by atoms with Gasteiger partial charge in [-0.15, -0.1) is 0 Å². The predicted octanol–water partition coefficient (Wildman–Crippen LogP) is -0.552. The molecule has 14 heavy (non-hydrogen) atoms. The van der Waals surface area contributed by atoms with Crippen molar-refractivity contribution in [3.63, 3.8) is 0 Å². The average Bonchev–Trinajstić information content (AvgIpc) is 2.88. The first-order valence-electron chi connectivity index (χ1n) is 5.61. The molecule has 3 aliphatic rings. The van der Waals surface area contributed by atoms with Gasteiger partial charge in [0, 0.05) is 32.3 Å². The molecule has 3 rings (SSSR count). The molecular weight excluding hydrogens is 180 g/mol. The summed E-state index contributed by atoms with van der Waals surface area (Å²) in [5.74, 6) is 0. The third-order valence-corrected chi connectivity index (χ3v) is 3.61. The molecule has 1 unspecified atom stereocenters. The Kier molecular flexibility index (Phi) is 2.45. The third-order valence-electron chi connectivity index (χ3n) is 3.61. The maximum atomic E-state index is 5.75. The van der Waals surface area contributed by atoms with Crippen molar-refractivity contribution in [2.24, 2.45) is 0 Å². The number of nitrogens with zero attached hydrogens (tertiary/aromatic N) is 1. The van der Waals surface area contributed by atoms with Crippen LogP contribution in [0.25, 0.3) is 0 Å². The van der Waals surface area contributed by atoms with E-state index in [0.29, 0.717) is 18.2 Å². The van der Waals surface area contributed by atoms with Crippen LogP contribution in [-0.4, -0.2) is 62.5 Å². The molecule has 1 N–H and O–H groups in total. The summed E-state index contributed by atoms with van der Waals surface area (Å²) in [5, 5.41) is 3.41. The standard InChI is InChI=1S/C10H18N2O2/c1-3-13-7-8(1)12-2-4-14-10-6-11-5-9(10)12/h8-11H,1-7H2/t8?,9-,10+/m1/s1. The van der Waals surface area contributed by atoms with Crippen molar-refractivity contribution in [2.45, 2.75) is 24.6 Å². The van der Waals surface area contributed by atoms with Gasteiger partial charge in [0.15, 0.2) is 0 Å². The highest BCUT2D eigenvalue weighted by Crippen LogP contribution is 2.23. The SMILES string of the molecule is C1CC(N2CCO[C@H]3CNC[C@H]32)CO1. The van der Waals surface area contributed by atoms with Gasteiger partial charge in [-0.05, 0) is 6.42 Å². The molecule has 3 fully saturated rings. The smallest absolute Gasteiger partial charge is 0.0867 e. The number of hydrogen-bond donors (Lipinski definition) is 1. The van der Waals surface area contributed by atoms with E-state index in [1.54, 1.807) is 0 Å². The molecule has 0 aromatic heterocycles. The Balaban J connectivity index is 1.70. The Morgan fingerprint density at radius 1 is 1.21 bits per heavy atom. The van der Waals surface area contributed by atoms with Crippen LogP contribution in [-0.2, 0) is 9.47 Å². The number of nitrogens with one attached hydrogen (secondary N) is 1. The largest absolute Gasteiger partial charge is 0.380 e. The first kappa shape index (κ1) is 9.09. The fraction of sp³-hybridized carbons (Fsp3) is 1.00. The molecular formula is C10H18N2O2. The van der Waals surface area contributed by atoms with Crippen LogP contribution in [0.5, 0.6) is 0 Å². The molecule has 0 amide bonds. The van der Waals surface area contributed by atoms with Gasteiger partial charge in [-0.1, -0.05) is 0 Å². The van der Waals surface area contributed by atoms with Crippen LogP contribution in [0.2, 0.25) is 0 Å². The minimum absolute atomic E-state index is 0.421. The summed E-state index contributed by atoms with van der Waals surface area (Å²) < 4.78 is 11.2. The van der Waals surface area contributed by atoms with Crippen LogP contribution in [0.4, 0.5) is 0 Å². The van der Waals surface area contributed by atoms with E-state index < -0.39 is 0 Å². The lowest BCUT2D eigenvalue weighted by molar-refractivity contribution is -0.0637. The van der Waals surface area contributed by atoms with E-state index in [1.807, 2.05) is 0 Å². The van der Waals surface area contributed by atoms with Crippen molar-refractivity contribution in [1.82, 2.24) is 10.2 Å². The number of rotatable bonds is 1. The molecule has 0 spiro atoms. The molecule has 0 aliphatic carbocycles. The predicted molar refractivity (Wildman–Crippen MR) is 52.3 cm³/mol. The maximum absolute atomic E-state index is 5.75. The van der Waals surface area contributed by atoms with Crippen LogP contribution in [0.3, 0.4) is 0 Å². The Bertz CT molecular complexity index is 206. The van der Waals surface area contributed by atoms with E-state index in [1.165, 1.54) is 6.42 Å². The van der Waals surface area contributed by atoms with Crippen LogP contribution in [0.15, 0.2) is 0 Å². The molecule has 4 nitrogen and oxygen atoms in total. The molecule has 0 saturated carbocycles. The van der Waals surface area contributed by atoms with Crippen molar-refractivity contribution in [1.29, 1.82) is 0 Å². The number of morpholine rings is 1. The van der Waals surface area contributed by atoms with E-state index in [4.69, 9.17) is 9.47 Å². The summed E-state index contributed by atoms with van der Waals surface area (Å²) in [4.78, 5) is 2.60. The van der Waals surface area contributed by atoms with E-state index in [2.05, 4.69) is 10.2 Å². The lowest BCUT2D eigenvalue weighted by atomic mass is 10.1. The molecule has 3 aliphatic heterocycles. The van der Waals surface area contributed by atoms with Crippen molar-refractivity contribution < 1.29 is 9.47 Å². The molecule has 80 valence electrons. The average molecular weight is 198 g/mol. The van der Waals surface area contributed by atoms with Gasteiger partial charge in [0.1, 0.15) is 0 Å². The monoisotopic (exact) mass is 198 g/mol. The summed E-state index contributed by atoms with van der Waals surface area (Å²) in [6.45, 7) is 5.93. The zero-order valence-electron chi connectivity index (χ0n) is 8.45. The molecule has 4 heteroatoms. The molecule has 0 bridgehead atoms. The fourth-order valence-corrected chi connectivity index (χ4v) is 2.85. The van der Waals surface area contributed by atoms with Crippen molar-refractivity contribution in [3.8, 4) is 0 Å². The Morgan fingerprint density at radius 2 is 2.21 bits per heavy atom. The lowest BCUT2D eigenvalue weighted by Crippen LogP contribution is -2.55. The second kappa shape index (κ2) is 3.77. The summed E-state index contributed by atoms with van der Waals surface area (Å²) in [6, 6.07) is 1.24. The summed E-state index contributed by atoms with van der Waals surface area (Å²) >= 11 is 0. The maximum Gasteiger partial charge on any atom is 0.0867 e. The second-order valence-corrected chi connectivity index (χ2v) is 4.39. The van der Waals surface area contributed by atoms with Crippen LogP contribution < -0.4 is 5.32 Å². The lowest BCUT2D eigenvalue weighted by Gasteiger charge is -2.40. The Morgan fingerprint density at radius 3 is 3.07 bits per heavy atom. The first-order valence-corrected chi connectivity index (χ1v) is 5.61. The third kappa shape index (κ3) is 1.46. The van der Waals surface area contributed by atoms with Gasteiger partial charge in [-0.2, -0.15) is 0 Å². The molecule has 3 atom stereocenters. The van der Waals surface area contributed by atoms with Crippen LogP contribution in [0, 0.1) is 0 Å². The minimum Gasteiger partial charge on any atom is -0.380 e. The fourth-order valence-electron chi connectivity index (χ4n) is 2.85. The highest BCUT2D eigenvalue weighted by molar-refractivity contribution is 4.95. The zero-order chi connectivity index (χ0) is 9.38. The first-order chi connectivity index (χ1) is 6.95. The molecule has 3 saturated heterocycles. The van der Waals surface area contributed by atoms with Crippen molar-refractivity contribution >= 4 is 0 Å². The van der Waals surface area contributed by atoms with E-state index in [9.17, 15) is 0 Å². The van der Waals surface area contributed by atoms with Crippen LogP contribution in [0.1, 0.15) is 6.42 Å². The van der Waals surface area contributed by atoms with E-state index in [0.717, 1.165) is 39.5 Å². The molecule has 0 aromatic carbocycles. The van der Waals surface area contributed by atoms with Gasteiger partial charge >= 0.3 is 0 Å². The van der Waals surface area contributed by atoms with Gasteiger partial charge in [0.05, 0.1) is 25.4 Å². The van der Waals surface area contributed by atoms with E-state index in [-0.39, 0.29) is 0 Å². The van der Waals surface area contributed by atoms with Gasteiger partial charge in [0.2, 0.25) is 0 Å². The van der Waals surface area contributed by atoms with Gasteiger partial charge in [-0.3, -0.25) is 4.90 Å². The number of fused-ring (bicyclic) bond motifs is 1. The number of ether oxygens (including phenoxy) is 2. The van der Waals surface area contributed by atoms with Crippen molar-refractivity contribution in [2.75, 3.05) is 39.5 Å². The molecule has 3 heterocycles. The van der Waals surface area contributed by atoms with Crippen molar-refractivity contribution in [3.05, 3.63) is 0 Å². The topological polar surface area (TPSA) is 33.7 Å². The second-order valence-electron chi connectivity index (χ2n) is 4.39. The summed E-state index contributed by atoms with van der Waals surface area (Å²) in [6.07, 6.45) is 1.62. The summed E-state index contributed by atoms with van der Waals surface area (Å²) in [5.41, 5.74) is 0. The Hall–Kier alpha value is -0.160. The van der Waals surface area contributed by atoms with Gasteiger partial charge in [0.25, 0.3) is 0 Å². The number of hydrogen-bond acceptors (Lipinski definition) is 4. The van der Waals surface area contributed by atoms with E-state index >= 15 is 0 Å². The quantitative estimate of drug-likeness (QED) is 0.613. The zero-order valence-corrected chi connectivity index (χ0v) is 8.45. The van der Waals surface area contributed by atoms with Gasteiger partial charge < -0.3 is 14.8 Å². The Labute approximate surface area is 84.5 Å². The van der Waals surface area contributed by atoms with Crippen LogP contribution >= 0.6 is 0 Å². The molecule has 0 aromatic rings. The highest BCUT2D eigenvalue weighted by atomic mass is 16.5. The summed E-state index contributed by atoms with van der Waals surface area (Å²) in [7, 11) is 0. The highest BCUT2D eigenvalue weighted by Gasteiger charge is 2.39. The van der Waals surface area contributed by atoms with Gasteiger partial charge in [-0.25, -0.2) is 0 Å². The normalized spacial score (nSPS) is 44.1.